The van der Waals surface area contributed by atoms with Gasteiger partial charge in [-0.3, -0.25) is 4.79 Å². The lowest BCUT2D eigenvalue weighted by atomic mass is 10.1. The number of carbonyl (C=O) groups excluding carboxylic acids is 2. The summed E-state index contributed by atoms with van der Waals surface area (Å²) >= 11 is 5.85. The maximum atomic E-state index is 12.1. The van der Waals surface area contributed by atoms with Crippen LogP contribution in [0, 0.1) is 0 Å². The fourth-order valence-electron chi connectivity index (χ4n) is 1.91. The molecule has 0 aromatic heterocycles. The van der Waals surface area contributed by atoms with Crippen molar-refractivity contribution in [3.8, 4) is 0 Å². The molecule has 0 bridgehead atoms. The van der Waals surface area contributed by atoms with E-state index in [-0.39, 0.29) is 17.9 Å². The minimum atomic E-state index is -0.801. The molecule has 2 aromatic carbocycles. The quantitative estimate of drug-likeness (QED) is 0.651. The van der Waals surface area contributed by atoms with Crippen LogP contribution in [0.4, 0.5) is 5.69 Å². The molecule has 0 aliphatic rings. The Bertz CT molecular complexity index is 704. The largest absolute Gasteiger partial charge is 0.459 e. The second-order valence-corrected chi connectivity index (χ2v) is 5.46. The van der Waals surface area contributed by atoms with E-state index in [1.54, 1.807) is 13.0 Å². The maximum absolute atomic E-state index is 12.1. The lowest BCUT2D eigenvalue weighted by Gasteiger charge is -2.14. The molecule has 1 atom stereocenters. The van der Waals surface area contributed by atoms with Crippen LogP contribution < -0.4 is 11.1 Å². The Kier molecular flexibility index (Phi) is 5.60. The SMILES string of the molecule is CC(NC(=O)c1cc(Cl)ccc1N)C(=O)OCc1ccccc1. The van der Waals surface area contributed by atoms with E-state index >= 15 is 0 Å². The number of nitrogens with two attached hydrogens (primary N) is 1. The highest BCUT2D eigenvalue weighted by Crippen LogP contribution is 2.17. The predicted molar refractivity (Wildman–Crippen MR) is 89.0 cm³/mol. The van der Waals surface area contributed by atoms with Crippen LogP contribution in [0.3, 0.4) is 0 Å². The summed E-state index contributed by atoms with van der Waals surface area (Å²) in [7, 11) is 0. The summed E-state index contributed by atoms with van der Waals surface area (Å²) in [6.45, 7) is 1.70. The molecular formula is C17H17ClN2O3. The summed E-state index contributed by atoms with van der Waals surface area (Å²) in [5.41, 5.74) is 7.13. The molecule has 0 fully saturated rings. The maximum Gasteiger partial charge on any atom is 0.328 e. The second-order valence-electron chi connectivity index (χ2n) is 5.02. The summed E-state index contributed by atoms with van der Waals surface area (Å²) in [5.74, 6) is -1.00. The summed E-state index contributed by atoms with van der Waals surface area (Å²) < 4.78 is 5.17. The lowest BCUT2D eigenvalue weighted by Crippen LogP contribution is -2.39. The number of carbonyl (C=O) groups is 2. The van der Waals surface area contributed by atoms with Gasteiger partial charge in [0.1, 0.15) is 12.6 Å². The van der Waals surface area contributed by atoms with Crippen LogP contribution in [-0.2, 0) is 16.1 Å². The fourth-order valence-corrected chi connectivity index (χ4v) is 2.08. The van der Waals surface area contributed by atoms with Crippen molar-refractivity contribution >= 4 is 29.2 Å². The van der Waals surface area contributed by atoms with Gasteiger partial charge >= 0.3 is 5.97 Å². The predicted octanol–water partition coefficient (Wildman–Crippen LogP) is 2.78. The number of rotatable bonds is 5. The van der Waals surface area contributed by atoms with E-state index < -0.39 is 17.9 Å². The molecule has 2 rings (SSSR count). The smallest absolute Gasteiger partial charge is 0.328 e. The first-order valence-corrected chi connectivity index (χ1v) is 7.41. The average Bonchev–Trinajstić information content (AvgIpc) is 2.55. The molecule has 0 saturated heterocycles. The van der Waals surface area contributed by atoms with Crippen LogP contribution in [0.5, 0.6) is 0 Å². The molecule has 2 aromatic rings. The number of benzene rings is 2. The normalized spacial score (nSPS) is 11.6. The molecule has 0 heterocycles. The van der Waals surface area contributed by atoms with Gasteiger partial charge in [0.2, 0.25) is 0 Å². The molecule has 1 unspecified atom stereocenters. The van der Waals surface area contributed by atoms with Gasteiger partial charge in [-0.1, -0.05) is 41.9 Å². The Morgan fingerprint density at radius 1 is 1.22 bits per heavy atom. The number of esters is 1. The average molecular weight is 333 g/mol. The van der Waals surface area contributed by atoms with Crippen molar-refractivity contribution < 1.29 is 14.3 Å². The van der Waals surface area contributed by atoms with Crippen LogP contribution in [0.25, 0.3) is 0 Å². The van der Waals surface area contributed by atoms with E-state index in [1.165, 1.54) is 12.1 Å². The molecule has 5 nitrogen and oxygen atoms in total. The Labute approximate surface area is 139 Å². The first-order valence-electron chi connectivity index (χ1n) is 7.04. The lowest BCUT2D eigenvalue weighted by molar-refractivity contribution is -0.146. The summed E-state index contributed by atoms with van der Waals surface area (Å²) in [6, 6.07) is 13.1. The Hall–Kier alpha value is -2.53. The van der Waals surface area contributed by atoms with Gasteiger partial charge < -0.3 is 15.8 Å². The van der Waals surface area contributed by atoms with Gasteiger partial charge in [-0.05, 0) is 30.7 Å². The van der Waals surface area contributed by atoms with Crippen molar-refractivity contribution in [3.63, 3.8) is 0 Å². The number of hydrogen-bond acceptors (Lipinski definition) is 4. The first-order chi connectivity index (χ1) is 11.0. The van der Waals surface area contributed by atoms with Crippen molar-refractivity contribution in [2.75, 3.05) is 5.73 Å². The number of hydrogen-bond donors (Lipinski definition) is 2. The van der Waals surface area contributed by atoms with Crippen LogP contribution in [0.15, 0.2) is 48.5 Å². The van der Waals surface area contributed by atoms with Crippen molar-refractivity contribution in [1.82, 2.24) is 5.32 Å². The highest BCUT2D eigenvalue weighted by molar-refractivity contribution is 6.31. The van der Waals surface area contributed by atoms with Crippen LogP contribution in [-0.4, -0.2) is 17.9 Å². The number of amides is 1. The van der Waals surface area contributed by atoms with E-state index in [0.717, 1.165) is 5.56 Å². The van der Waals surface area contributed by atoms with Gasteiger partial charge in [-0.15, -0.1) is 0 Å². The third-order valence-electron chi connectivity index (χ3n) is 3.19. The monoisotopic (exact) mass is 332 g/mol. The Balaban J connectivity index is 1.92. The number of halogens is 1. The Morgan fingerprint density at radius 2 is 1.91 bits per heavy atom. The minimum Gasteiger partial charge on any atom is -0.459 e. The molecule has 6 heteroatoms. The molecule has 0 radical (unpaired) electrons. The first kappa shape index (κ1) is 16.8. The van der Waals surface area contributed by atoms with Crippen molar-refractivity contribution in [2.24, 2.45) is 0 Å². The summed E-state index contributed by atoms with van der Waals surface area (Å²) in [4.78, 5) is 24.1. The molecule has 23 heavy (non-hydrogen) atoms. The second kappa shape index (κ2) is 7.65. The molecule has 3 N–H and O–H groups in total. The molecule has 0 saturated carbocycles. The third kappa shape index (κ3) is 4.72. The molecule has 1 amide bonds. The highest BCUT2D eigenvalue weighted by atomic mass is 35.5. The highest BCUT2D eigenvalue weighted by Gasteiger charge is 2.19. The number of nitrogens with one attached hydrogen (secondary N) is 1. The van der Waals surface area contributed by atoms with E-state index in [0.29, 0.717) is 5.02 Å². The van der Waals surface area contributed by atoms with E-state index in [1.807, 2.05) is 30.3 Å². The molecule has 120 valence electrons. The van der Waals surface area contributed by atoms with Gasteiger partial charge in [0, 0.05) is 10.7 Å². The zero-order valence-electron chi connectivity index (χ0n) is 12.6. The Morgan fingerprint density at radius 3 is 2.61 bits per heavy atom. The van der Waals surface area contributed by atoms with Crippen LogP contribution in [0.2, 0.25) is 5.02 Å². The molecular weight excluding hydrogens is 316 g/mol. The zero-order chi connectivity index (χ0) is 16.8. The van der Waals surface area contributed by atoms with Crippen LogP contribution >= 0.6 is 11.6 Å². The van der Waals surface area contributed by atoms with Gasteiger partial charge in [0.05, 0.1) is 5.56 Å². The summed E-state index contributed by atoms with van der Waals surface area (Å²) in [6.07, 6.45) is 0. The fraction of sp³-hybridized carbons (Fsp3) is 0.176. The molecule has 0 aliphatic carbocycles. The van der Waals surface area contributed by atoms with Gasteiger partial charge in [0.25, 0.3) is 5.91 Å². The van der Waals surface area contributed by atoms with Gasteiger partial charge in [-0.25, -0.2) is 4.79 Å². The standard InChI is InChI=1S/C17H17ClN2O3/c1-11(17(22)23-10-12-5-3-2-4-6-12)20-16(21)14-9-13(18)7-8-15(14)19/h2-9,11H,10,19H2,1H3,(H,20,21). The molecule has 0 spiro atoms. The van der Waals surface area contributed by atoms with Crippen LogP contribution in [0.1, 0.15) is 22.8 Å². The minimum absolute atomic E-state index is 0.152. The van der Waals surface area contributed by atoms with E-state index in [2.05, 4.69) is 5.32 Å². The summed E-state index contributed by atoms with van der Waals surface area (Å²) in [5, 5.41) is 2.94. The van der Waals surface area contributed by atoms with Crippen molar-refractivity contribution in [3.05, 3.63) is 64.7 Å². The van der Waals surface area contributed by atoms with Crippen molar-refractivity contribution in [1.29, 1.82) is 0 Å². The van der Waals surface area contributed by atoms with E-state index in [4.69, 9.17) is 22.1 Å². The number of nitrogen functional groups attached to an aromatic ring is 1. The number of ether oxygens (including phenoxy) is 1. The topological polar surface area (TPSA) is 81.4 Å². The van der Waals surface area contributed by atoms with Gasteiger partial charge in [0.15, 0.2) is 0 Å². The zero-order valence-corrected chi connectivity index (χ0v) is 13.3. The molecule has 0 aliphatic heterocycles. The third-order valence-corrected chi connectivity index (χ3v) is 3.42. The van der Waals surface area contributed by atoms with E-state index in [9.17, 15) is 9.59 Å². The van der Waals surface area contributed by atoms with Crippen molar-refractivity contribution in [2.45, 2.75) is 19.6 Å². The number of anilines is 1. The van der Waals surface area contributed by atoms with Gasteiger partial charge in [-0.2, -0.15) is 0 Å².